The maximum absolute atomic E-state index is 13.5. The second-order valence-electron chi connectivity index (χ2n) is 9.68. The minimum absolute atomic E-state index is 0.0657. The third-order valence-electron chi connectivity index (χ3n) is 7.13. The molecule has 1 aromatic heterocycles. The summed E-state index contributed by atoms with van der Waals surface area (Å²) in [5.74, 6) is -4.07. The average molecular weight is 529 g/mol. The Hall–Kier alpha value is -3.51. The summed E-state index contributed by atoms with van der Waals surface area (Å²) < 4.78 is 28.2. The van der Waals surface area contributed by atoms with Crippen LogP contribution in [0, 0.1) is 24.2 Å². The Bertz CT molecular complexity index is 1380. The van der Waals surface area contributed by atoms with Crippen LogP contribution in [-0.2, 0) is 11.8 Å². The fourth-order valence-corrected chi connectivity index (χ4v) is 5.07. The van der Waals surface area contributed by atoms with E-state index in [1.54, 1.807) is 17.0 Å². The summed E-state index contributed by atoms with van der Waals surface area (Å²) in [5.41, 5.74) is 2.79. The standard InChI is InChI=1S/C27H27ClF2N4O3/c1-16-19(9-17-4-7-34(8-5-17)26(37)18-3-6-27(29,30)14-18)10-21(28)13-23(16)32-25(36)20-11-22(15-31)33(2)24(35)12-20/h9-13,18H,3-8,14H2,1-2H3,(H,32,36)/t18-/m0/s1. The zero-order valence-electron chi connectivity index (χ0n) is 20.6. The molecule has 2 heterocycles. The number of hydrogen-bond donors (Lipinski definition) is 1. The van der Waals surface area contributed by atoms with Gasteiger partial charge in [0.1, 0.15) is 11.8 Å². The largest absolute Gasteiger partial charge is 0.342 e. The number of carbonyl (C=O) groups is 2. The highest BCUT2D eigenvalue weighted by Gasteiger charge is 2.43. The number of likely N-dealkylation sites (tertiary alicyclic amines) is 1. The number of halogens is 3. The number of aromatic nitrogens is 1. The Labute approximate surface area is 218 Å². The van der Waals surface area contributed by atoms with Crippen molar-refractivity contribution < 1.29 is 18.4 Å². The molecule has 0 radical (unpaired) electrons. The van der Waals surface area contributed by atoms with Gasteiger partial charge in [0.25, 0.3) is 11.5 Å². The zero-order valence-corrected chi connectivity index (χ0v) is 21.4. The van der Waals surface area contributed by atoms with Gasteiger partial charge in [-0.05, 0) is 55.5 Å². The van der Waals surface area contributed by atoms with Crippen molar-refractivity contribution in [2.45, 2.75) is 45.0 Å². The quantitative estimate of drug-likeness (QED) is 0.610. The van der Waals surface area contributed by atoms with Crippen LogP contribution >= 0.6 is 11.6 Å². The molecule has 1 saturated heterocycles. The zero-order chi connectivity index (χ0) is 26.9. The highest BCUT2D eigenvalue weighted by molar-refractivity contribution is 6.31. The number of nitrogens with zero attached hydrogens (tertiary/aromatic N) is 3. The molecule has 0 unspecified atom stereocenters. The third-order valence-corrected chi connectivity index (χ3v) is 7.35. The number of nitrogens with one attached hydrogen (secondary N) is 1. The van der Waals surface area contributed by atoms with Crippen LogP contribution in [0.25, 0.3) is 6.08 Å². The van der Waals surface area contributed by atoms with Gasteiger partial charge in [0.2, 0.25) is 11.8 Å². The number of alkyl halides is 2. The molecule has 1 aliphatic heterocycles. The minimum atomic E-state index is -2.74. The highest BCUT2D eigenvalue weighted by Crippen LogP contribution is 2.40. The molecule has 0 spiro atoms. The van der Waals surface area contributed by atoms with Gasteiger partial charge in [0.05, 0.1) is 0 Å². The lowest BCUT2D eigenvalue weighted by Crippen LogP contribution is -2.39. The third kappa shape index (κ3) is 5.91. The Morgan fingerprint density at radius 1 is 1.22 bits per heavy atom. The fourth-order valence-electron chi connectivity index (χ4n) is 4.84. The number of pyridine rings is 1. The first-order chi connectivity index (χ1) is 17.5. The highest BCUT2D eigenvalue weighted by atomic mass is 35.5. The van der Waals surface area contributed by atoms with Gasteiger partial charge >= 0.3 is 0 Å². The molecule has 37 heavy (non-hydrogen) atoms. The van der Waals surface area contributed by atoms with Gasteiger partial charge in [-0.3, -0.25) is 14.4 Å². The molecule has 2 fully saturated rings. The summed E-state index contributed by atoms with van der Waals surface area (Å²) in [7, 11) is 1.46. The number of anilines is 1. The monoisotopic (exact) mass is 528 g/mol. The van der Waals surface area contributed by atoms with E-state index in [9.17, 15) is 28.4 Å². The van der Waals surface area contributed by atoms with Crippen molar-refractivity contribution in [3.63, 3.8) is 0 Å². The number of amides is 2. The van der Waals surface area contributed by atoms with E-state index in [-0.39, 0.29) is 36.4 Å². The molecule has 4 rings (SSSR count). The molecule has 2 amide bonds. The Kier molecular flexibility index (Phi) is 7.51. The second kappa shape index (κ2) is 10.5. The van der Waals surface area contributed by atoms with Gasteiger partial charge in [-0.1, -0.05) is 23.3 Å². The molecule has 0 bridgehead atoms. The Morgan fingerprint density at radius 2 is 1.92 bits per heavy atom. The van der Waals surface area contributed by atoms with Gasteiger partial charge in [-0.15, -0.1) is 0 Å². The van der Waals surface area contributed by atoms with E-state index in [1.165, 1.54) is 19.2 Å². The molecule has 1 N–H and O–H groups in total. The molecule has 194 valence electrons. The van der Waals surface area contributed by atoms with Crippen molar-refractivity contribution in [1.29, 1.82) is 5.26 Å². The van der Waals surface area contributed by atoms with Crippen molar-refractivity contribution in [1.82, 2.24) is 9.47 Å². The first-order valence-corrected chi connectivity index (χ1v) is 12.4. The molecular weight excluding hydrogens is 502 g/mol. The molecule has 1 atom stereocenters. The van der Waals surface area contributed by atoms with E-state index < -0.39 is 23.3 Å². The van der Waals surface area contributed by atoms with Gasteiger partial charge in [-0.2, -0.15) is 5.26 Å². The lowest BCUT2D eigenvalue weighted by Gasteiger charge is -2.30. The molecule has 1 saturated carbocycles. The molecule has 2 aromatic rings. The molecule has 1 aromatic carbocycles. The van der Waals surface area contributed by atoms with Crippen LogP contribution in [0.4, 0.5) is 14.5 Å². The van der Waals surface area contributed by atoms with E-state index >= 15 is 0 Å². The van der Waals surface area contributed by atoms with Crippen molar-refractivity contribution in [2.75, 3.05) is 18.4 Å². The summed E-state index contributed by atoms with van der Waals surface area (Å²) in [5, 5.41) is 12.4. The number of piperidine rings is 1. The van der Waals surface area contributed by atoms with Crippen molar-refractivity contribution >= 4 is 35.2 Å². The van der Waals surface area contributed by atoms with Crippen LogP contribution in [-0.4, -0.2) is 40.3 Å². The predicted molar refractivity (Wildman–Crippen MR) is 137 cm³/mol. The Balaban J connectivity index is 1.47. The SMILES string of the molecule is Cc1c(C=C2CCN(C(=O)[C@H]3CCC(F)(F)C3)CC2)cc(Cl)cc1NC(=O)c1cc(C#N)n(C)c(=O)c1. The van der Waals surface area contributed by atoms with Crippen LogP contribution in [0.3, 0.4) is 0 Å². The summed E-state index contributed by atoms with van der Waals surface area (Å²) in [6.07, 6.45) is 2.86. The van der Waals surface area contributed by atoms with E-state index in [2.05, 4.69) is 5.32 Å². The smallest absolute Gasteiger partial charge is 0.255 e. The van der Waals surface area contributed by atoms with Crippen LogP contribution in [0.1, 0.15) is 59.3 Å². The number of nitriles is 1. The minimum Gasteiger partial charge on any atom is -0.342 e. The first-order valence-electron chi connectivity index (χ1n) is 12.1. The first kappa shape index (κ1) is 26.6. The summed E-state index contributed by atoms with van der Waals surface area (Å²) in [6.45, 7) is 2.78. The summed E-state index contributed by atoms with van der Waals surface area (Å²) in [4.78, 5) is 39.3. The lowest BCUT2D eigenvalue weighted by molar-refractivity contribution is -0.136. The Morgan fingerprint density at radius 3 is 2.54 bits per heavy atom. The second-order valence-corrected chi connectivity index (χ2v) is 10.1. The average Bonchev–Trinajstić information content (AvgIpc) is 3.23. The number of rotatable bonds is 4. The fraction of sp³-hybridized carbons (Fsp3) is 0.407. The lowest BCUT2D eigenvalue weighted by atomic mass is 9.96. The maximum atomic E-state index is 13.5. The molecular formula is C27H27ClF2N4O3. The van der Waals surface area contributed by atoms with Gasteiger partial charge < -0.3 is 14.8 Å². The van der Waals surface area contributed by atoms with Gasteiger partial charge in [0, 0.05) is 61.2 Å². The summed E-state index contributed by atoms with van der Waals surface area (Å²) in [6, 6.07) is 7.81. The van der Waals surface area contributed by atoms with Crippen molar-refractivity contribution in [3.8, 4) is 6.07 Å². The molecule has 10 heteroatoms. The molecule has 2 aliphatic rings. The number of carbonyl (C=O) groups excluding carboxylic acids is 2. The number of benzene rings is 1. The summed E-state index contributed by atoms with van der Waals surface area (Å²) >= 11 is 6.33. The normalized spacial score (nSPS) is 18.9. The van der Waals surface area contributed by atoms with E-state index in [4.69, 9.17) is 11.6 Å². The van der Waals surface area contributed by atoms with Crippen LogP contribution in [0.5, 0.6) is 0 Å². The van der Waals surface area contributed by atoms with E-state index in [0.29, 0.717) is 36.6 Å². The van der Waals surface area contributed by atoms with Gasteiger partial charge in [-0.25, -0.2) is 8.78 Å². The van der Waals surface area contributed by atoms with Crippen molar-refractivity contribution in [3.05, 3.63) is 67.6 Å². The van der Waals surface area contributed by atoms with Crippen LogP contribution in [0.2, 0.25) is 5.02 Å². The topological polar surface area (TPSA) is 95.2 Å². The van der Waals surface area contributed by atoms with Gasteiger partial charge in [0.15, 0.2) is 0 Å². The predicted octanol–water partition coefficient (Wildman–Crippen LogP) is 4.91. The van der Waals surface area contributed by atoms with Crippen molar-refractivity contribution in [2.24, 2.45) is 13.0 Å². The van der Waals surface area contributed by atoms with E-state index in [1.807, 2.05) is 19.1 Å². The molecule has 1 aliphatic carbocycles. The van der Waals surface area contributed by atoms with Crippen LogP contribution < -0.4 is 10.9 Å². The number of hydrogen-bond acceptors (Lipinski definition) is 4. The molecule has 7 nitrogen and oxygen atoms in total. The maximum Gasteiger partial charge on any atom is 0.255 e. The van der Waals surface area contributed by atoms with Crippen LogP contribution in [0.15, 0.2) is 34.6 Å². The van der Waals surface area contributed by atoms with E-state index in [0.717, 1.165) is 21.3 Å².